The van der Waals surface area contributed by atoms with Crippen molar-refractivity contribution >= 4 is 11.3 Å². The molecule has 0 aromatic carbocycles. The quantitative estimate of drug-likeness (QED) is 0.861. The van der Waals surface area contributed by atoms with Crippen LogP contribution in [0.5, 0.6) is 0 Å². The number of pyridine rings is 1. The smallest absolute Gasteiger partial charge is 0.0853 e. The van der Waals surface area contributed by atoms with Crippen LogP contribution in [-0.4, -0.2) is 10.1 Å². The van der Waals surface area contributed by atoms with Gasteiger partial charge in [0.2, 0.25) is 0 Å². The molecule has 0 radical (unpaired) electrons. The van der Waals surface area contributed by atoms with E-state index in [0.29, 0.717) is 6.42 Å². The summed E-state index contributed by atoms with van der Waals surface area (Å²) in [7, 11) is 0. The maximum atomic E-state index is 9.98. The SMILES string of the molecule is Cc1cncc(C(O)Cc2cccs2)c1. The largest absolute Gasteiger partial charge is 0.388 e. The third-order valence-corrected chi connectivity index (χ3v) is 3.15. The van der Waals surface area contributed by atoms with E-state index in [-0.39, 0.29) is 0 Å². The van der Waals surface area contributed by atoms with Gasteiger partial charge in [-0.3, -0.25) is 4.98 Å². The molecule has 1 atom stereocenters. The maximum absolute atomic E-state index is 9.98. The summed E-state index contributed by atoms with van der Waals surface area (Å²) < 4.78 is 0. The first-order valence-corrected chi connectivity index (χ1v) is 5.75. The van der Waals surface area contributed by atoms with Gasteiger partial charge in [0.15, 0.2) is 0 Å². The van der Waals surface area contributed by atoms with Crippen LogP contribution >= 0.6 is 11.3 Å². The van der Waals surface area contributed by atoms with E-state index in [1.165, 1.54) is 4.88 Å². The molecule has 1 N–H and O–H groups in total. The molecule has 0 amide bonds. The van der Waals surface area contributed by atoms with Crippen molar-refractivity contribution in [3.63, 3.8) is 0 Å². The van der Waals surface area contributed by atoms with Crippen LogP contribution in [0, 0.1) is 6.92 Å². The molecule has 15 heavy (non-hydrogen) atoms. The molecule has 2 nitrogen and oxygen atoms in total. The summed E-state index contributed by atoms with van der Waals surface area (Å²) in [4.78, 5) is 5.28. The van der Waals surface area contributed by atoms with Gasteiger partial charge >= 0.3 is 0 Å². The molecule has 0 spiro atoms. The number of aromatic nitrogens is 1. The first-order valence-electron chi connectivity index (χ1n) is 4.87. The molecule has 2 aromatic rings. The van der Waals surface area contributed by atoms with Crippen LogP contribution in [0.3, 0.4) is 0 Å². The van der Waals surface area contributed by atoms with Crippen molar-refractivity contribution in [3.05, 3.63) is 52.0 Å². The molecule has 0 aliphatic carbocycles. The van der Waals surface area contributed by atoms with Gasteiger partial charge in [-0.15, -0.1) is 11.3 Å². The summed E-state index contributed by atoms with van der Waals surface area (Å²) >= 11 is 1.67. The number of nitrogens with zero attached hydrogens (tertiary/aromatic N) is 1. The minimum Gasteiger partial charge on any atom is -0.388 e. The fraction of sp³-hybridized carbons (Fsp3) is 0.250. The van der Waals surface area contributed by atoms with E-state index in [1.807, 2.05) is 30.5 Å². The highest BCUT2D eigenvalue weighted by molar-refractivity contribution is 7.09. The van der Waals surface area contributed by atoms with Gasteiger partial charge in [-0.25, -0.2) is 0 Å². The lowest BCUT2D eigenvalue weighted by Crippen LogP contribution is -2.01. The van der Waals surface area contributed by atoms with Gasteiger partial charge in [-0.1, -0.05) is 12.1 Å². The van der Waals surface area contributed by atoms with E-state index in [2.05, 4.69) is 4.98 Å². The second-order valence-corrected chi connectivity index (χ2v) is 4.63. The van der Waals surface area contributed by atoms with E-state index in [1.54, 1.807) is 23.7 Å². The lowest BCUT2D eigenvalue weighted by atomic mass is 10.1. The lowest BCUT2D eigenvalue weighted by Gasteiger charge is -2.09. The summed E-state index contributed by atoms with van der Waals surface area (Å²) in [6, 6.07) is 6.02. The van der Waals surface area contributed by atoms with E-state index in [4.69, 9.17) is 0 Å². The Morgan fingerprint density at radius 3 is 3.00 bits per heavy atom. The lowest BCUT2D eigenvalue weighted by molar-refractivity contribution is 0.179. The molecule has 0 aliphatic heterocycles. The van der Waals surface area contributed by atoms with Crippen molar-refractivity contribution in [1.82, 2.24) is 4.98 Å². The highest BCUT2D eigenvalue weighted by atomic mass is 32.1. The molecular formula is C12H13NOS. The maximum Gasteiger partial charge on any atom is 0.0853 e. The van der Waals surface area contributed by atoms with Crippen LogP contribution in [0.15, 0.2) is 36.0 Å². The summed E-state index contributed by atoms with van der Waals surface area (Å²) in [6.45, 7) is 1.98. The van der Waals surface area contributed by atoms with Gasteiger partial charge in [0.25, 0.3) is 0 Å². The molecule has 0 bridgehead atoms. The molecule has 2 heterocycles. The fourth-order valence-electron chi connectivity index (χ4n) is 1.50. The van der Waals surface area contributed by atoms with Crippen LogP contribution in [0.25, 0.3) is 0 Å². The van der Waals surface area contributed by atoms with Crippen LogP contribution in [-0.2, 0) is 6.42 Å². The Bertz CT molecular complexity index is 425. The minimum atomic E-state index is -0.448. The van der Waals surface area contributed by atoms with Crippen molar-refractivity contribution in [3.8, 4) is 0 Å². The average Bonchev–Trinajstić information content (AvgIpc) is 2.70. The van der Waals surface area contributed by atoms with E-state index >= 15 is 0 Å². The predicted octanol–water partition coefficient (Wildman–Crippen LogP) is 2.73. The van der Waals surface area contributed by atoms with Crippen LogP contribution in [0.1, 0.15) is 22.1 Å². The van der Waals surface area contributed by atoms with Gasteiger partial charge in [0.05, 0.1) is 6.10 Å². The second-order valence-electron chi connectivity index (χ2n) is 3.59. The van der Waals surface area contributed by atoms with E-state index in [9.17, 15) is 5.11 Å². The summed E-state index contributed by atoms with van der Waals surface area (Å²) in [5.41, 5.74) is 1.97. The molecule has 3 heteroatoms. The summed E-state index contributed by atoms with van der Waals surface area (Å²) in [6.07, 6.45) is 3.74. The van der Waals surface area contributed by atoms with Crippen molar-refractivity contribution in [2.24, 2.45) is 0 Å². The molecule has 0 saturated heterocycles. The van der Waals surface area contributed by atoms with Crippen molar-refractivity contribution < 1.29 is 5.11 Å². The Morgan fingerprint density at radius 1 is 1.47 bits per heavy atom. The highest BCUT2D eigenvalue weighted by Gasteiger charge is 2.09. The van der Waals surface area contributed by atoms with Gasteiger partial charge in [-0.05, 0) is 29.5 Å². The number of hydrogen-bond acceptors (Lipinski definition) is 3. The molecule has 2 aromatic heterocycles. The summed E-state index contributed by atoms with van der Waals surface area (Å²) in [5.74, 6) is 0. The van der Waals surface area contributed by atoms with Crippen molar-refractivity contribution in [1.29, 1.82) is 0 Å². The molecular weight excluding hydrogens is 206 g/mol. The number of thiophene rings is 1. The Hall–Kier alpha value is -1.19. The zero-order chi connectivity index (χ0) is 10.7. The van der Waals surface area contributed by atoms with Crippen LogP contribution in [0.2, 0.25) is 0 Å². The Kier molecular flexibility index (Phi) is 3.14. The molecule has 78 valence electrons. The average molecular weight is 219 g/mol. The monoisotopic (exact) mass is 219 g/mol. The Balaban J connectivity index is 2.11. The van der Waals surface area contributed by atoms with E-state index in [0.717, 1.165) is 11.1 Å². The number of aryl methyl sites for hydroxylation is 1. The molecule has 0 saturated carbocycles. The Morgan fingerprint density at radius 2 is 2.33 bits per heavy atom. The zero-order valence-corrected chi connectivity index (χ0v) is 9.37. The third kappa shape index (κ3) is 2.64. The molecule has 0 aliphatic rings. The van der Waals surface area contributed by atoms with Gasteiger partial charge < -0.3 is 5.11 Å². The fourth-order valence-corrected chi connectivity index (χ4v) is 2.24. The van der Waals surface area contributed by atoms with Gasteiger partial charge in [0.1, 0.15) is 0 Å². The predicted molar refractivity (Wildman–Crippen MR) is 62.0 cm³/mol. The first kappa shape index (κ1) is 10.3. The first-order chi connectivity index (χ1) is 7.25. The second kappa shape index (κ2) is 4.55. The van der Waals surface area contributed by atoms with Crippen molar-refractivity contribution in [2.45, 2.75) is 19.4 Å². The van der Waals surface area contributed by atoms with Gasteiger partial charge in [-0.2, -0.15) is 0 Å². The van der Waals surface area contributed by atoms with E-state index < -0.39 is 6.10 Å². The third-order valence-electron chi connectivity index (χ3n) is 2.26. The van der Waals surface area contributed by atoms with Crippen LogP contribution in [0.4, 0.5) is 0 Å². The van der Waals surface area contributed by atoms with Crippen molar-refractivity contribution in [2.75, 3.05) is 0 Å². The van der Waals surface area contributed by atoms with Gasteiger partial charge in [0, 0.05) is 23.7 Å². The highest BCUT2D eigenvalue weighted by Crippen LogP contribution is 2.20. The number of rotatable bonds is 3. The normalized spacial score (nSPS) is 12.7. The van der Waals surface area contributed by atoms with Crippen LogP contribution < -0.4 is 0 Å². The standard InChI is InChI=1S/C12H13NOS/c1-9-5-10(8-13-7-9)12(14)6-11-3-2-4-15-11/h2-5,7-8,12,14H,6H2,1H3. The topological polar surface area (TPSA) is 33.1 Å². The number of aliphatic hydroxyl groups excluding tert-OH is 1. The number of hydrogen-bond donors (Lipinski definition) is 1. The Labute approximate surface area is 93.2 Å². The zero-order valence-electron chi connectivity index (χ0n) is 8.55. The molecule has 2 rings (SSSR count). The molecule has 0 fully saturated rings. The molecule has 1 unspecified atom stereocenters. The summed E-state index contributed by atoms with van der Waals surface area (Å²) in [5, 5.41) is 12.0. The minimum absolute atomic E-state index is 0.448. The number of aliphatic hydroxyl groups is 1.